The number of benzene rings is 1. The maximum Gasteiger partial charge on any atom is 0.137 e. The van der Waals surface area contributed by atoms with Gasteiger partial charge in [-0.3, -0.25) is 0 Å². The van der Waals surface area contributed by atoms with Crippen LogP contribution in [0.15, 0.2) is 18.2 Å². The lowest BCUT2D eigenvalue weighted by atomic mass is 10.1. The normalized spacial score (nSPS) is 23.3. The molecule has 0 aliphatic heterocycles. The van der Waals surface area contributed by atoms with Crippen molar-refractivity contribution < 1.29 is 4.74 Å². The highest BCUT2D eigenvalue weighted by Gasteiger charge is 2.22. The summed E-state index contributed by atoms with van der Waals surface area (Å²) in [5.41, 5.74) is 7.24. The Kier molecular flexibility index (Phi) is 4.87. The third-order valence-electron chi connectivity index (χ3n) is 3.61. The first-order valence-electron chi connectivity index (χ1n) is 6.52. The van der Waals surface area contributed by atoms with Crippen molar-refractivity contribution in [2.75, 3.05) is 13.7 Å². The molecular formula is C14H21ClN2O. The lowest BCUT2D eigenvalue weighted by molar-refractivity contribution is 0.415. The van der Waals surface area contributed by atoms with E-state index in [1.54, 1.807) is 7.11 Å². The quantitative estimate of drug-likeness (QED) is 0.862. The number of nitrogens with two attached hydrogens (primary N) is 1. The molecule has 4 heteroatoms. The molecule has 100 valence electrons. The zero-order valence-corrected chi connectivity index (χ0v) is 11.5. The Bertz CT molecular complexity index is 397. The Balaban J connectivity index is 1.81. The largest absolute Gasteiger partial charge is 0.495 e. The number of hydrogen-bond acceptors (Lipinski definition) is 3. The number of ether oxygens (including phenoxy) is 1. The summed E-state index contributed by atoms with van der Waals surface area (Å²) < 4.78 is 5.14. The molecule has 1 aliphatic rings. The maximum atomic E-state index is 6.09. The zero-order valence-electron chi connectivity index (χ0n) is 10.8. The fraction of sp³-hybridized carbons (Fsp3) is 0.571. The van der Waals surface area contributed by atoms with Gasteiger partial charge in [0.1, 0.15) is 5.75 Å². The van der Waals surface area contributed by atoms with Crippen LogP contribution in [0.4, 0.5) is 0 Å². The first-order chi connectivity index (χ1) is 8.70. The molecule has 1 saturated carbocycles. The monoisotopic (exact) mass is 268 g/mol. The molecule has 1 aromatic carbocycles. The van der Waals surface area contributed by atoms with Gasteiger partial charge in [-0.25, -0.2) is 0 Å². The molecule has 0 amide bonds. The van der Waals surface area contributed by atoms with E-state index in [2.05, 4.69) is 11.4 Å². The van der Waals surface area contributed by atoms with Gasteiger partial charge in [0.2, 0.25) is 0 Å². The lowest BCUT2D eigenvalue weighted by Crippen LogP contribution is -2.41. The first kappa shape index (κ1) is 13.7. The maximum absolute atomic E-state index is 6.09. The van der Waals surface area contributed by atoms with E-state index in [1.165, 1.54) is 18.4 Å². The van der Waals surface area contributed by atoms with E-state index >= 15 is 0 Å². The van der Waals surface area contributed by atoms with Crippen molar-refractivity contribution in [1.29, 1.82) is 0 Å². The van der Waals surface area contributed by atoms with Crippen LogP contribution < -0.4 is 15.8 Å². The molecule has 0 bridgehead atoms. The molecule has 2 unspecified atom stereocenters. The Hall–Kier alpha value is -0.770. The SMILES string of the molecule is COc1ccc(CCNC2CCCC2N)cc1Cl. The molecule has 0 spiro atoms. The number of nitrogens with one attached hydrogen (secondary N) is 1. The third-order valence-corrected chi connectivity index (χ3v) is 3.90. The summed E-state index contributed by atoms with van der Waals surface area (Å²) in [5, 5.41) is 4.20. The van der Waals surface area contributed by atoms with Gasteiger partial charge >= 0.3 is 0 Å². The summed E-state index contributed by atoms with van der Waals surface area (Å²) in [6.07, 6.45) is 4.55. The number of rotatable bonds is 5. The van der Waals surface area contributed by atoms with E-state index in [9.17, 15) is 0 Å². The molecule has 18 heavy (non-hydrogen) atoms. The average molecular weight is 269 g/mol. The van der Waals surface area contributed by atoms with Gasteiger partial charge in [0.25, 0.3) is 0 Å². The molecule has 0 saturated heterocycles. The Morgan fingerprint density at radius 3 is 2.89 bits per heavy atom. The summed E-state index contributed by atoms with van der Waals surface area (Å²) in [4.78, 5) is 0. The molecule has 1 fully saturated rings. The van der Waals surface area contributed by atoms with Gasteiger partial charge in [0.15, 0.2) is 0 Å². The van der Waals surface area contributed by atoms with Crippen LogP contribution in [0.3, 0.4) is 0 Å². The van der Waals surface area contributed by atoms with Crippen LogP contribution in [0.2, 0.25) is 5.02 Å². The molecule has 3 nitrogen and oxygen atoms in total. The second-order valence-electron chi connectivity index (χ2n) is 4.87. The average Bonchev–Trinajstić information content (AvgIpc) is 2.75. The van der Waals surface area contributed by atoms with Crippen LogP contribution in [-0.4, -0.2) is 25.7 Å². The highest BCUT2D eigenvalue weighted by molar-refractivity contribution is 6.32. The van der Waals surface area contributed by atoms with Crippen LogP contribution in [0.25, 0.3) is 0 Å². The van der Waals surface area contributed by atoms with Crippen LogP contribution >= 0.6 is 11.6 Å². The number of methoxy groups -OCH3 is 1. The molecule has 2 atom stereocenters. The van der Waals surface area contributed by atoms with Gasteiger partial charge < -0.3 is 15.8 Å². The van der Waals surface area contributed by atoms with E-state index in [0.717, 1.165) is 25.1 Å². The predicted molar refractivity (Wildman–Crippen MR) is 75.3 cm³/mol. The fourth-order valence-corrected chi connectivity index (χ4v) is 2.79. The van der Waals surface area contributed by atoms with Crippen molar-refractivity contribution in [3.63, 3.8) is 0 Å². The molecule has 2 rings (SSSR count). The Labute approximate surface area is 114 Å². The summed E-state index contributed by atoms with van der Waals surface area (Å²) in [6.45, 7) is 0.945. The van der Waals surface area contributed by atoms with Gasteiger partial charge in [-0.2, -0.15) is 0 Å². The van der Waals surface area contributed by atoms with Crippen LogP contribution in [0.5, 0.6) is 5.75 Å². The lowest BCUT2D eigenvalue weighted by Gasteiger charge is -2.17. The summed E-state index contributed by atoms with van der Waals surface area (Å²) in [6, 6.07) is 6.75. The summed E-state index contributed by atoms with van der Waals surface area (Å²) in [5.74, 6) is 0.728. The number of hydrogen-bond donors (Lipinski definition) is 2. The minimum atomic E-state index is 0.324. The van der Waals surface area contributed by atoms with E-state index < -0.39 is 0 Å². The molecule has 1 aliphatic carbocycles. The first-order valence-corrected chi connectivity index (χ1v) is 6.90. The minimum absolute atomic E-state index is 0.324. The van der Waals surface area contributed by atoms with Gasteiger partial charge in [-0.05, 0) is 43.5 Å². The van der Waals surface area contributed by atoms with Crippen molar-refractivity contribution in [1.82, 2.24) is 5.32 Å². The van der Waals surface area contributed by atoms with Gasteiger partial charge in [0.05, 0.1) is 12.1 Å². The third kappa shape index (κ3) is 3.37. The smallest absolute Gasteiger partial charge is 0.137 e. The predicted octanol–water partition coefficient (Wildman–Crippen LogP) is 2.36. The van der Waals surface area contributed by atoms with E-state index in [4.69, 9.17) is 22.1 Å². The standard InChI is InChI=1S/C14H21ClN2O/c1-18-14-6-5-10(9-11(14)15)7-8-17-13-4-2-3-12(13)16/h5-6,9,12-13,17H,2-4,7-8,16H2,1H3. The van der Waals surface area contributed by atoms with E-state index in [-0.39, 0.29) is 0 Å². The fourth-order valence-electron chi connectivity index (χ4n) is 2.51. The molecular weight excluding hydrogens is 248 g/mol. The molecule has 0 heterocycles. The van der Waals surface area contributed by atoms with Crippen molar-refractivity contribution in [3.8, 4) is 5.75 Å². The van der Waals surface area contributed by atoms with Crippen LogP contribution in [-0.2, 0) is 6.42 Å². The molecule has 3 N–H and O–H groups in total. The van der Waals surface area contributed by atoms with Crippen LogP contribution in [0.1, 0.15) is 24.8 Å². The highest BCUT2D eigenvalue weighted by atomic mass is 35.5. The van der Waals surface area contributed by atoms with E-state index in [0.29, 0.717) is 17.1 Å². The van der Waals surface area contributed by atoms with E-state index in [1.807, 2.05) is 12.1 Å². The van der Waals surface area contributed by atoms with Gasteiger partial charge in [-0.1, -0.05) is 24.1 Å². The van der Waals surface area contributed by atoms with Crippen molar-refractivity contribution in [2.45, 2.75) is 37.8 Å². The summed E-state index contributed by atoms with van der Waals surface area (Å²) >= 11 is 6.09. The van der Waals surface area contributed by atoms with Crippen molar-refractivity contribution in [2.24, 2.45) is 5.73 Å². The molecule has 1 aromatic rings. The Morgan fingerprint density at radius 1 is 1.44 bits per heavy atom. The molecule has 0 aromatic heterocycles. The summed E-state index contributed by atoms with van der Waals surface area (Å²) in [7, 11) is 1.63. The van der Waals surface area contributed by atoms with Gasteiger partial charge in [0, 0.05) is 12.1 Å². The topological polar surface area (TPSA) is 47.3 Å². The molecule has 0 radical (unpaired) electrons. The second-order valence-corrected chi connectivity index (χ2v) is 5.28. The van der Waals surface area contributed by atoms with Crippen molar-refractivity contribution >= 4 is 11.6 Å². The highest BCUT2D eigenvalue weighted by Crippen LogP contribution is 2.25. The number of halogens is 1. The van der Waals surface area contributed by atoms with Gasteiger partial charge in [-0.15, -0.1) is 0 Å². The van der Waals surface area contributed by atoms with Crippen LogP contribution in [0, 0.1) is 0 Å². The Morgan fingerprint density at radius 2 is 2.28 bits per heavy atom. The van der Waals surface area contributed by atoms with Crippen molar-refractivity contribution in [3.05, 3.63) is 28.8 Å². The minimum Gasteiger partial charge on any atom is -0.495 e. The zero-order chi connectivity index (χ0) is 13.0. The second kappa shape index (κ2) is 6.41.